The lowest BCUT2D eigenvalue weighted by atomic mass is 10.1. The number of nitrogens with zero attached hydrogens (tertiary/aromatic N) is 4. The van der Waals surface area contributed by atoms with Gasteiger partial charge in [0.2, 0.25) is 5.91 Å². The number of aryl methyl sites for hydroxylation is 1. The van der Waals surface area contributed by atoms with E-state index in [4.69, 9.17) is 27.9 Å². The van der Waals surface area contributed by atoms with Gasteiger partial charge in [0.15, 0.2) is 16.1 Å². The summed E-state index contributed by atoms with van der Waals surface area (Å²) in [6.07, 6.45) is 0. The molecule has 4 rings (SSSR count). The van der Waals surface area contributed by atoms with E-state index in [1.54, 1.807) is 18.2 Å². The minimum absolute atomic E-state index is 0.161. The Morgan fingerprint density at radius 2 is 1.97 bits per heavy atom. The number of ether oxygens (including phenoxy) is 1. The van der Waals surface area contributed by atoms with Crippen molar-refractivity contribution in [3.8, 4) is 17.0 Å². The fourth-order valence-electron chi connectivity index (χ4n) is 3.06. The molecule has 34 heavy (non-hydrogen) atoms. The first kappa shape index (κ1) is 24.5. The lowest BCUT2D eigenvalue weighted by molar-refractivity contribution is -0.113. The first-order chi connectivity index (χ1) is 16.4. The molecule has 1 amide bonds. The van der Waals surface area contributed by atoms with Crippen molar-refractivity contribution in [1.82, 2.24) is 19.7 Å². The Morgan fingerprint density at radius 3 is 2.71 bits per heavy atom. The number of hydrogen-bond acceptors (Lipinski definition) is 7. The average Bonchev–Trinajstić information content (AvgIpc) is 3.44. The van der Waals surface area contributed by atoms with E-state index < -0.39 is 0 Å². The van der Waals surface area contributed by atoms with Gasteiger partial charge < -0.3 is 14.6 Å². The topological polar surface area (TPSA) is 81.9 Å². The number of hydrogen-bond donors (Lipinski definition) is 1. The van der Waals surface area contributed by atoms with E-state index in [1.165, 1.54) is 28.7 Å². The highest BCUT2D eigenvalue weighted by Crippen LogP contribution is 2.29. The first-order valence-electron chi connectivity index (χ1n) is 10.4. The fourth-order valence-corrected chi connectivity index (χ4v) is 5.08. The lowest BCUT2D eigenvalue weighted by Gasteiger charge is -2.10. The van der Waals surface area contributed by atoms with Gasteiger partial charge in [0.25, 0.3) is 0 Å². The summed E-state index contributed by atoms with van der Waals surface area (Å²) in [7, 11) is 0. The van der Waals surface area contributed by atoms with Crippen LogP contribution in [-0.2, 0) is 17.9 Å². The highest BCUT2D eigenvalue weighted by Gasteiger charge is 2.15. The maximum atomic E-state index is 12.5. The number of rotatable bonds is 9. The molecule has 0 radical (unpaired) electrons. The number of amides is 1. The van der Waals surface area contributed by atoms with Crippen LogP contribution in [-0.4, -0.2) is 31.4 Å². The number of halogens is 2. The molecule has 4 aromatic rings. The van der Waals surface area contributed by atoms with Crippen molar-refractivity contribution in [2.75, 3.05) is 11.1 Å². The Hall–Kier alpha value is -2.59. The van der Waals surface area contributed by atoms with Crippen molar-refractivity contribution in [3.05, 3.63) is 69.3 Å². The van der Waals surface area contributed by atoms with Crippen molar-refractivity contribution in [1.29, 1.82) is 0 Å². The van der Waals surface area contributed by atoms with Gasteiger partial charge >= 0.3 is 0 Å². The number of nitrogens with one attached hydrogen (secondary N) is 1. The van der Waals surface area contributed by atoms with Gasteiger partial charge in [0.05, 0.1) is 16.5 Å². The van der Waals surface area contributed by atoms with Gasteiger partial charge in [0, 0.05) is 22.5 Å². The van der Waals surface area contributed by atoms with Gasteiger partial charge in [-0.05, 0) is 32.0 Å². The zero-order valence-electron chi connectivity index (χ0n) is 18.4. The average molecular weight is 534 g/mol. The molecule has 2 aromatic carbocycles. The molecule has 176 valence electrons. The summed E-state index contributed by atoms with van der Waals surface area (Å²) in [5, 5.41) is 15.4. The molecule has 2 heterocycles. The SMILES string of the molecule is CCn1c(COc2ccc(Cl)cc2Cl)nnc1SCC(=O)Nc1nc(-c2ccc(C)cc2)cs1. The molecular weight excluding hydrogens is 513 g/mol. The van der Waals surface area contributed by atoms with Crippen LogP contribution in [0.5, 0.6) is 5.75 Å². The Bertz CT molecular complexity index is 1290. The van der Waals surface area contributed by atoms with Gasteiger partial charge in [-0.3, -0.25) is 4.79 Å². The maximum Gasteiger partial charge on any atom is 0.236 e. The van der Waals surface area contributed by atoms with E-state index in [9.17, 15) is 4.79 Å². The molecule has 1 N–H and O–H groups in total. The van der Waals surface area contributed by atoms with Gasteiger partial charge in [-0.15, -0.1) is 21.5 Å². The molecule has 0 fully saturated rings. The Labute approximate surface area is 215 Å². The molecule has 0 saturated heterocycles. The van der Waals surface area contributed by atoms with Crippen molar-refractivity contribution >= 4 is 57.3 Å². The highest BCUT2D eigenvalue weighted by molar-refractivity contribution is 7.99. The summed E-state index contributed by atoms with van der Waals surface area (Å²) in [4.78, 5) is 17.0. The molecule has 7 nitrogen and oxygen atoms in total. The number of carbonyl (C=O) groups is 1. The smallest absolute Gasteiger partial charge is 0.236 e. The van der Waals surface area contributed by atoms with E-state index in [-0.39, 0.29) is 18.3 Å². The van der Waals surface area contributed by atoms with Crippen LogP contribution in [0.25, 0.3) is 11.3 Å². The van der Waals surface area contributed by atoms with Crippen LogP contribution in [0.15, 0.2) is 53.0 Å². The monoisotopic (exact) mass is 533 g/mol. The van der Waals surface area contributed by atoms with Crippen LogP contribution < -0.4 is 10.1 Å². The maximum absolute atomic E-state index is 12.5. The second-order valence-corrected chi connectivity index (χ2v) is 9.89. The predicted molar refractivity (Wildman–Crippen MR) is 138 cm³/mol. The van der Waals surface area contributed by atoms with E-state index in [1.807, 2.05) is 48.1 Å². The molecule has 0 aliphatic heterocycles. The van der Waals surface area contributed by atoms with Crippen LogP contribution >= 0.6 is 46.3 Å². The number of thioether (sulfide) groups is 1. The molecule has 0 unspecified atom stereocenters. The molecule has 0 spiro atoms. The van der Waals surface area contributed by atoms with Crippen LogP contribution in [0.4, 0.5) is 5.13 Å². The van der Waals surface area contributed by atoms with Crippen molar-refractivity contribution in [3.63, 3.8) is 0 Å². The van der Waals surface area contributed by atoms with Crippen LogP contribution in [0.2, 0.25) is 10.0 Å². The zero-order valence-corrected chi connectivity index (χ0v) is 21.6. The lowest BCUT2D eigenvalue weighted by Crippen LogP contribution is -2.14. The molecule has 11 heteroatoms. The molecular formula is C23H21Cl2N5O2S2. The number of anilines is 1. The van der Waals surface area contributed by atoms with E-state index >= 15 is 0 Å². The largest absolute Gasteiger partial charge is 0.484 e. The summed E-state index contributed by atoms with van der Waals surface area (Å²) >= 11 is 14.8. The van der Waals surface area contributed by atoms with Crippen LogP contribution in [0.1, 0.15) is 18.3 Å². The number of aromatic nitrogens is 4. The minimum Gasteiger partial charge on any atom is -0.484 e. The van der Waals surface area contributed by atoms with Crippen molar-refractivity contribution < 1.29 is 9.53 Å². The highest BCUT2D eigenvalue weighted by atomic mass is 35.5. The Morgan fingerprint density at radius 1 is 1.18 bits per heavy atom. The minimum atomic E-state index is -0.161. The third kappa shape index (κ3) is 6.09. The summed E-state index contributed by atoms with van der Waals surface area (Å²) in [6, 6.07) is 13.2. The van der Waals surface area contributed by atoms with Gasteiger partial charge in [-0.2, -0.15) is 0 Å². The molecule has 2 aromatic heterocycles. The normalized spacial score (nSPS) is 10.9. The Balaban J connectivity index is 1.33. The van der Waals surface area contributed by atoms with Gasteiger partial charge in [-0.1, -0.05) is 64.8 Å². The second-order valence-electron chi connectivity index (χ2n) is 7.25. The predicted octanol–water partition coefficient (Wildman–Crippen LogP) is 6.35. The molecule has 0 bridgehead atoms. The third-order valence-corrected chi connectivity index (χ3v) is 7.05. The van der Waals surface area contributed by atoms with Crippen molar-refractivity contribution in [2.24, 2.45) is 0 Å². The molecule has 0 aliphatic rings. The van der Waals surface area contributed by atoms with Gasteiger partial charge in [0.1, 0.15) is 12.4 Å². The van der Waals surface area contributed by atoms with Crippen LogP contribution in [0, 0.1) is 6.92 Å². The molecule has 0 saturated carbocycles. The van der Waals surface area contributed by atoms with E-state index in [2.05, 4.69) is 20.5 Å². The quantitative estimate of drug-likeness (QED) is 0.252. The summed E-state index contributed by atoms with van der Waals surface area (Å²) in [5.74, 6) is 1.17. The summed E-state index contributed by atoms with van der Waals surface area (Å²) < 4.78 is 7.68. The number of benzene rings is 2. The van der Waals surface area contributed by atoms with Crippen molar-refractivity contribution in [2.45, 2.75) is 32.2 Å². The van der Waals surface area contributed by atoms with E-state index in [0.717, 1.165) is 11.3 Å². The second kappa shape index (κ2) is 11.2. The third-order valence-electron chi connectivity index (χ3n) is 4.79. The summed E-state index contributed by atoms with van der Waals surface area (Å²) in [5.41, 5.74) is 3.04. The Kier molecular flexibility index (Phi) is 8.10. The fraction of sp³-hybridized carbons (Fsp3) is 0.217. The standard InChI is InChI=1S/C23H21Cl2N5O2S2/c1-3-30-20(11-32-19-9-8-16(24)10-17(19)25)28-29-23(30)34-13-21(31)27-22-26-18(12-33-22)15-6-4-14(2)5-7-15/h4-10,12H,3,11,13H2,1-2H3,(H,26,27,31). The number of carbonyl (C=O) groups excluding carboxylic acids is 1. The summed E-state index contributed by atoms with van der Waals surface area (Å²) in [6.45, 7) is 4.85. The first-order valence-corrected chi connectivity index (χ1v) is 13.0. The molecule has 0 atom stereocenters. The van der Waals surface area contributed by atoms with Crippen LogP contribution in [0.3, 0.4) is 0 Å². The van der Waals surface area contributed by atoms with Gasteiger partial charge in [-0.25, -0.2) is 4.98 Å². The number of thiazole rings is 1. The van der Waals surface area contributed by atoms with E-state index in [0.29, 0.717) is 38.5 Å². The molecule has 0 aliphatic carbocycles. The zero-order chi connectivity index (χ0) is 24.1.